The van der Waals surface area contributed by atoms with Crippen molar-refractivity contribution >= 4 is 29.3 Å². The average Bonchev–Trinajstić information content (AvgIpc) is 2.56. The Hall–Kier alpha value is -3.09. The number of amides is 1. The minimum Gasteiger partial charge on any atom is -0.465 e. The van der Waals surface area contributed by atoms with Crippen LogP contribution in [0.25, 0.3) is 0 Å². The molecule has 0 aliphatic carbocycles. The third-order valence-corrected chi connectivity index (χ3v) is 2.88. The summed E-state index contributed by atoms with van der Waals surface area (Å²) in [6.45, 7) is 2.02. The number of nitrogens with zero attached hydrogens (tertiary/aromatic N) is 1. The van der Waals surface area contributed by atoms with E-state index in [0.29, 0.717) is 29.4 Å². The van der Waals surface area contributed by atoms with Gasteiger partial charge in [0.15, 0.2) is 0 Å². The lowest BCUT2D eigenvalue weighted by atomic mass is 10.2. The molecule has 7 heteroatoms. The molecule has 1 aromatic carbocycles. The molecule has 0 spiro atoms. The number of anilines is 3. The molecule has 1 amide bonds. The summed E-state index contributed by atoms with van der Waals surface area (Å²) in [6.07, 6.45) is 0.950. The molecule has 0 saturated heterocycles. The summed E-state index contributed by atoms with van der Waals surface area (Å²) in [4.78, 5) is 27.2. The SMILES string of the molecule is CCOC(=O)Nc1ccc(Nc2ccccc2C(=O)OC)nc1. The standard InChI is InChI=1S/C16H17N3O4/c1-3-23-16(21)18-11-8-9-14(17-10-11)19-13-7-5-4-6-12(13)15(20)22-2/h4-10H,3H2,1-2H3,(H,17,19)(H,18,21). The quantitative estimate of drug-likeness (QED) is 0.824. The minimum absolute atomic E-state index is 0.295. The van der Waals surface area contributed by atoms with E-state index in [0.717, 1.165) is 0 Å². The third kappa shape index (κ3) is 4.44. The van der Waals surface area contributed by atoms with Crippen molar-refractivity contribution in [2.24, 2.45) is 0 Å². The largest absolute Gasteiger partial charge is 0.465 e. The van der Waals surface area contributed by atoms with E-state index in [1.165, 1.54) is 13.3 Å². The van der Waals surface area contributed by atoms with Crippen molar-refractivity contribution in [2.75, 3.05) is 24.4 Å². The van der Waals surface area contributed by atoms with Crippen LogP contribution in [0.4, 0.5) is 22.0 Å². The highest BCUT2D eigenvalue weighted by molar-refractivity contribution is 5.96. The zero-order valence-corrected chi connectivity index (χ0v) is 12.8. The lowest BCUT2D eigenvalue weighted by Gasteiger charge is -2.10. The van der Waals surface area contributed by atoms with Gasteiger partial charge in [0, 0.05) is 0 Å². The second kappa shape index (κ2) is 7.79. The third-order valence-electron chi connectivity index (χ3n) is 2.88. The number of ether oxygens (including phenoxy) is 2. The molecule has 0 unspecified atom stereocenters. The molecule has 2 rings (SSSR count). The van der Waals surface area contributed by atoms with Gasteiger partial charge in [0.25, 0.3) is 0 Å². The van der Waals surface area contributed by atoms with Gasteiger partial charge in [-0.25, -0.2) is 14.6 Å². The van der Waals surface area contributed by atoms with E-state index in [2.05, 4.69) is 15.6 Å². The van der Waals surface area contributed by atoms with Gasteiger partial charge in [0.05, 0.1) is 36.9 Å². The molecule has 2 N–H and O–H groups in total. The molecule has 1 heterocycles. The summed E-state index contributed by atoms with van der Waals surface area (Å²) in [7, 11) is 1.33. The Balaban J connectivity index is 2.10. The number of rotatable bonds is 5. The Morgan fingerprint density at radius 3 is 2.61 bits per heavy atom. The first-order valence-electron chi connectivity index (χ1n) is 6.98. The monoisotopic (exact) mass is 315 g/mol. The van der Waals surface area contributed by atoms with Gasteiger partial charge in [-0.1, -0.05) is 12.1 Å². The van der Waals surface area contributed by atoms with Crippen molar-refractivity contribution in [3.8, 4) is 0 Å². The first-order chi connectivity index (χ1) is 11.1. The van der Waals surface area contributed by atoms with E-state index >= 15 is 0 Å². The number of benzene rings is 1. The van der Waals surface area contributed by atoms with E-state index in [-0.39, 0.29) is 0 Å². The summed E-state index contributed by atoms with van der Waals surface area (Å²) in [6, 6.07) is 10.3. The maximum atomic E-state index is 11.7. The van der Waals surface area contributed by atoms with Crippen LogP contribution in [-0.4, -0.2) is 30.8 Å². The number of carbonyl (C=O) groups excluding carboxylic acids is 2. The zero-order chi connectivity index (χ0) is 16.7. The van der Waals surface area contributed by atoms with Crippen LogP contribution >= 0.6 is 0 Å². The Morgan fingerprint density at radius 2 is 1.96 bits per heavy atom. The lowest BCUT2D eigenvalue weighted by Crippen LogP contribution is -2.13. The molecule has 0 atom stereocenters. The van der Waals surface area contributed by atoms with E-state index in [1.807, 2.05) is 0 Å². The van der Waals surface area contributed by atoms with Gasteiger partial charge in [-0.2, -0.15) is 0 Å². The maximum Gasteiger partial charge on any atom is 0.411 e. The molecule has 120 valence electrons. The first-order valence-corrected chi connectivity index (χ1v) is 6.98. The first kappa shape index (κ1) is 16.3. The predicted octanol–water partition coefficient (Wildman–Crippen LogP) is 3.18. The van der Waals surface area contributed by atoms with E-state index in [4.69, 9.17) is 9.47 Å². The van der Waals surface area contributed by atoms with Crippen LogP contribution in [0.5, 0.6) is 0 Å². The summed E-state index contributed by atoms with van der Waals surface area (Å²) in [5, 5.41) is 5.58. The molecule has 0 aliphatic rings. The molecule has 1 aromatic heterocycles. The molecule has 0 radical (unpaired) electrons. The van der Waals surface area contributed by atoms with Gasteiger partial charge in [-0.3, -0.25) is 5.32 Å². The molecule has 7 nitrogen and oxygen atoms in total. The number of hydrogen-bond acceptors (Lipinski definition) is 6. The average molecular weight is 315 g/mol. The zero-order valence-electron chi connectivity index (χ0n) is 12.8. The van der Waals surface area contributed by atoms with Gasteiger partial charge in [-0.15, -0.1) is 0 Å². The van der Waals surface area contributed by atoms with Crippen molar-refractivity contribution in [1.29, 1.82) is 0 Å². The number of carbonyl (C=O) groups is 2. The Labute approximate surface area is 133 Å². The molecule has 23 heavy (non-hydrogen) atoms. The molecule has 0 saturated carbocycles. The van der Waals surface area contributed by atoms with Crippen LogP contribution in [0.3, 0.4) is 0 Å². The number of hydrogen-bond donors (Lipinski definition) is 2. The number of methoxy groups -OCH3 is 1. The van der Waals surface area contributed by atoms with Gasteiger partial charge in [0.2, 0.25) is 0 Å². The van der Waals surface area contributed by atoms with Crippen LogP contribution in [0.2, 0.25) is 0 Å². The number of aromatic nitrogens is 1. The number of pyridine rings is 1. The predicted molar refractivity (Wildman–Crippen MR) is 85.9 cm³/mol. The topological polar surface area (TPSA) is 89.6 Å². The van der Waals surface area contributed by atoms with Crippen LogP contribution in [0, 0.1) is 0 Å². The van der Waals surface area contributed by atoms with Crippen molar-refractivity contribution in [2.45, 2.75) is 6.92 Å². The molecule has 0 aliphatic heterocycles. The Bertz CT molecular complexity index is 686. The van der Waals surface area contributed by atoms with Crippen LogP contribution in [0.15, 0.2) is 42.6 Å². The van der Waals surface area contributed by atoms with Crippen molar-refractivity contribution in [3.05, 3.63) is 48.2 Å². The number of para-hydroxylation sites is 1. The number of esters is 1. The fourth-order valence-corrected chi connectivity index (χ4v) is 1.84. The van der Waals surface area contributed by atoms with Crippen LogP contribution in [0.1, 0.15) is 17.3 Å². The fourth-order valence-electron chi connectivity index (χ4n) is 1.84. The highest BCUT2D eigenvalue weighted by atomic mass is 16.5. The lowest BCUT2D eigenvalue weighted by molar-refractivity contribution is 0.0602. The molecular formula is C16H17N3O4. The minimum atomic E-state index is -0.536. The normalized spacial score (nSPS) is 9.83. The van der Waals surface area contributed by atoms with E-state index < -0.39 is 12.1 Å². The second-order valence-corrected chi connectivity index (χ2v) is 4.44. The van der Waals surface area contributed by atoms with Gasteiger partial charge in [0.1, 0.15) is 5.82 Å². The Morgan fingerprint density at radius 1 is 1.17 bits per heavy atom. The fraction of sp³-hybridized carbons (Fsp3) is 0.188. The second-order valence-electron chi connectivity index (χ2n) is 4.44. The van der Waals surface area contributed by atoms with Gasteiger partial charge >= 0.3 is 12.1 Å². The van der Waals surface area contributed by atoms with E-state index in [9.17, 15) is 9.59 Å². The highest BCUT2D eigenvalue weighted by Gasteiger charge is 2.11. The molecule has 2 aromatic rings. The number of nitrogens with one attached hydrogen (secondary N) is 2. The summed E-state index contributed by atoms with van der Waals surface area (Å²) >= 11 is 0. The summed E-state index contributed by atoms with van der Waals surface area (Å²) in [5.74, 6) is 0.0875. The highest BCUT2D eigenvalue weighted by Crippen LogP contribution is 2.21. The molecular weight excluding hydrogens is 298 g/mol. The molecule has 0 fully saturated rings. The Kier molecular flexibility index (Phi) is 5.51. The van der Waals surface area contributed by atoms with Crippen molar-refractivity contribution < 1.29 is 19.1 Å². The summed E-state index contributed by atoms with van der Waals surface area (Å²) < 4.78 is 9.52. The van der Waals surface area contributed by atoms with Gasteiger partial charge < -0.3 is 14.8 Å². The van der Waals surface area contributed by atoms with Gasteiger partial charge in [-0.05, 0) is 31.2 Å². The summed E-state index contributed by atoms with van der Waals surface area (Å²) in [5.41, 5.74) is 1.50. The maximum absolute atomic E-state index is 11.7. The van der Waals surface area contributed by atoms with Crippen LogP contribution in [-0.2, 0) is 9.47 Å². The smallest absolute Gasteiger partial charge is 0.411 e. The van der Waals surface area contributed by atoms with Crippen molar-refractivity contribution in [3.63, 3.8) is 0 Å². The van der Waals surface area contributed by atoms with Crippen molar-refractivity contribution in [1.82, 2.24) is 4.98 Å². The molecule has 0 bridgehead atoms. The van der Waals surface area contributed by atoms with E-state index in [1.54, 1.807) is 43.3 Å². The van der Waals surface area contributed by atoms with Crippen LogP contribution < -0.4 is 10.6 Å².